The van der Waals surface area contributed by atoms with Gasteiger partial charge in [-0.3, -0.25) is 0 Å². The quantitative estimate of drug-likeness (QED) is 0.770. The summed E-state index contributed by atoms with van der Waals surface area (Å²) < 4.78 is 17.8. The Morgan fingerprint density at radius 3 is 2.71 bits per heavy atom. The summed E-state index contributed by atoms with van der Waals surface area (Å²) in [6.07, 6.45) is 1.76. The molecule has 2 aliphatic heterocycles. The summed E-state index contributed by atoms with van der Waals surface area (Å²) in [6.45, 7) is 3.32. The molecule has 0 saturated carbocycles. The highest BCUT2D eigenvalue weighted by atomic mass is 16.6. The molecule has 1 N–H and O–H groups in total. The van der Waals surface area contributed by atoms with Crippen molar-refractivity contribution in [1.82, 2.24) is 15.1 Å². The third-order valence-electron chi connectivity index (χ3n) is 5.92. The monoisotopic (exact) mass is 425 g/mol. The predicted molar refractivity (Wildman–Crippen MR) is 119 cm³/mol. The summed E-state index contributed by atoms with van der Waals surface area (Å²) in [5, 5.41) is 2.99. The van der Waals surface area contributed by atoms with Crippen LogP contribution in [-0.2, 0) is 6.61 Å². The first-order valence-corrected chi connectivity index (χ1v) is 10.9. The number of likely N-dealkylation sites (tertiary alicyclic amines) is 1. The second-order valence-corrected chi connectivity index (χ2v) is 8.27. The van der Waals surface area contributed by atoms with Crippen molar-refractivity contribution in [1.29, 1.82) is 0 Å². The molecule has 1 unspecified atom stereocenters. The van der Waals surface area contributed by atoms with Gasteiger partial charge in [0.05, 0.1) is 6.54 Å². The summed E-state index contributed by atoms with van der Waals surface area (Å²) in [5.41, 5.74) is 1.10. The highest BCUT2D eigenvalue weighted by Gasteiger charge is 2.26. The van der Waals surface area contributed by atoms with Gasteiger partial charge < -0.3 is 29.3 Å². The zero-order valence-electron chi connectivity index (χ0n) is 18.3. The van der Waals surface area contributed by atoms with Crippen LogP contribution < -0.4 is 19.5 Å². The van der Waals surface area contributed by atoms with Crippen LogP contribution >= 0.6 is 0 Å². The molecule has 4 rings (SSSR count). The van der Waals surface area contributed by atoms with Crippen LogP contribution in [-0.4, -0.2) is 68.3 Å². The molecule has 2 aromatic rings. The summed E-state index contributed by atoms with van der Waals surface area (Å²) >= 11 is 0. The van der Waals surface area contributed by atoms with Gasteiger partial charge in [-0.2, -0.15) is 0 Å². The Balaban J connectivity index is 1.27. The normalized spacial score (nSPS) is 19.0. The highest BCUT2D eigenvalue weighted by Crippen LogP contribution is 2.35. The lowest BCUT2D eigenvalue weighted by atomic mass is 10.0. The molecule has 31 heavy (non-hydrogen) atoms. The van der Waals surface area contributed by atoms with E-state index in [0.717, 1.165) is 37.2 Å². The minimum atomic E-state index is -0.244. The second kappa shape index (κ2) is 9.92. The molecule has 2 heterocycles. The van der Waals surface area contributed by atoms with Gasteiger partial charge in [0.2, 0.25) is 0 Å². The smallest absolute Gasteiger partial charge is 0.317 e. The molecule has 2 aliphatic rings. The lowest BCUT2D eigenvalue weighted by Gasteiger charge is -2.35. The van der Waals surface area contributed by atoms with Gasteiger partial charge in [-0.25, -0.2) is 4.79 Å². The summed E-state index contributed by atoms with van der Waals surface area (Å²) in [4.78, 5) is 16.7. The second-order valence-electron chi connectivity index (χ2n) is 8.27. The first kappa shape index (κ1) is 21.3. The van der Waals surface area contributed by atoms with Crippen LogP contribution in [0.15, 0.2) is 48.5 Å². The number of hydrogen-bond acceptors (Lipinski definition) is 5. The van der Waals surface area contributed by atoms with Gasteiger partial charge in [-0.05, 0) is 50.7 Å². The van der Waals surface area contributed by atoms with Crippen LogP contribution in [0.3, 0.4) is 0 Å². The predicted octanol–water partition coefficient (Wildman–Crippen LogP) is 3.14. The van der Waals surface area contributed by atoms with Crippen LogP contribution in [0.4, 0.5) is 4.79 Å². The van der Waals surface area contributed by atoms with Crippen molar-refractivity contribution in [2.45, 2.75) is 31.6 Å². The Bertz CT molecular complexity index is 868. The molecule has 166 valence electrons. The number of rotatable bonds is 6. The van der Waals surface area contributed by atoms with Crippen molar-refractivity contribution in [3.63, 3.8) is 0 Å². The molecule has 1 saturated heterocycles. The van der Waals surface area contributed by atoms with Crippen molar-refractivity contribution < 1.29 is 19.0 Å². The fourth-order valence-corrected chi connectivity index (χ4v) is 3.90. The number of piperidine rings is 1. The van der Waals surface area contributed by atoms with Gasteiger partial charge in [-0.15, -0.1) is 0 Å². The molecular formula is C24H31N3O4. The van der Waals surface area contributed by atoms with Crippen LogP contribution in [0.1, 0.15) is 18.4 Å². The van der Waals surface area contributed by atoms with E-state index in [9.17, 15) is 4.79 Å². The van der Waals surface area contributed by atoms with Gasteiger partial charge in [0, 0.05) is 19.2 Å². The summed E-state index contributed by atoms with van der Waals surface area (Å²) in [7, 11) is 3.99. The summed E-state index contributed by atoms with van der Waals surface area (Å²) in [5.74, 6) is 2.05. The molecule has 0 bridgehead atoms. The van der Waals surface area contributed by atoms with Gasteiger partial charge in [0.1, 0.15) is 19.0 Å². The van der Waals surface area contributed by atoms with Crippen molar-refractivity contribution in [3.8, 4) is 17.2 Å². The number of nitrogens with one attached hydrogen (secondary N) is 1. The van der Waals surface area contributed by atoms with Crippen LogP contribution in [0.5, 0.6) is 17.2 Å². The van der Waals surface area contributed by atoms with E-state index in [1.54, 1.807) is 0 Å². The van der Waals surface area contributed by atoms with Crippen molar-refractivity contribution >= 4 is 6.03 Å². The maximum absolute atomic E-state index is 12.6. The standard InChI is InChI=1S/C24H31N3O4/c1-26-12-10-19(11-13-26)27(2)24(28)25-15-21-17-30-22-9-8-20(14-23(22)31-21)29-16-18-6-4-3-5-7-18/h3-9,14,19,21H,10-13,15-17H2,1-2H3,(H,25,28). The fourth-order valence-electron chi connectivity index (χ4n) is 3.90. The van der Waals surface area contributed by atoms with Gasteiger partial charge in [0.15, 0.2) is 17.6 Å². The van der Waals surface area contributed by atoms with Crippen LogP contribution in [0.25, 0.3) is 0 Å². The Morgan fingerprint density at radius 2 is 1.94 bits per heavy atom. The molecule has 1 fully saturated rings. The third kappa shape index (κ3) is 5.61. The average Bonchev–Trinajstić information content (AvgIpc) is 2.81. The Morgan fingerprint density at radius 1 is 1.16 bits per heavy atom. The molecule has 7 heteroatoms. The Hall–Kier alpha value is -2.93. The first-order chi connectivity index (χ1) is 15.1. The van der Waals surface area contributed by atoms with E-state index in [1.807, 2.05) is 60.5 Å². The maximum Gasteiger partial charge on any atom is 0.317 e. The number of urea groups is 1. The van der Waals surface area contributed by atoms with Gasteiger partial charge in [-0.1, -0.05) is 30.3 Å². The number of carbonyl (C=O) groups is 1. The lowest BCUT2D eigenvalue weighted by molar-refractivity contribution is 0.0879. The number of ether oxygens (including phenoxy) is 3. The number of nitrogens with zero attached hydrogens (tertiary/aromatic N) is 2. The number of amides is 2. The van der Waals surface area contributed by atoms with E-state index < -0.39 is 0 Å². The third-order valence-corrected chi connectivity index (χ3v) is 5.92. The van der Waals surface area contributed by atoms with E-state index >= 15 is 0 Å². The molecular weight excluding hydrogens is 394 g/mol. The zero-order chi connectivity index (χ0) is 21.6. The number of hydrogen-bond donors (Lipinski definition) is 1. The topological polar surface area (TPSA) is 63.3 Å². The van der Waals surface area contributed by atoms with E-state index in [-0.39, 0.29) is 18.2 Å². The number of fused-ring (bicyclic) bond motifs is 1. The van der Waals surface area contributed by atoms with Crippen LogP contribution in [0.2, 0.25) is 0 Å². The zero-order valence-corrected chi connectivity index (χ0v) is 18.3. The SMILES string of the molecule is CN1CCC(N(C)C(=O)NCC2COc3ccc(OCc4ccccc4)cc3O2)CC1. The molecule has 0 spiro atoms. The van der Waals surface area contributed by atoms with E-state index in [2.05, 4.69) is 17.3 Å². The van der Waals surface area contributed by atoms with E-state index in [1.165, 1.54) is 0 Å². The van der Waals surface area contributed by atoms with E-state index in [4.69, 9.17) is 14.2 Å². The molecule has 0 radical (unpaired) electrons. The average molecular weight is 426 g/mol. The van der Waals surface area contributed by atoms with Gasteiger partial charge >= 0.3 is 6.03 Å². The van der Waals surface area contributed by atoms with Gasteiger partial charge in [0.25, 0.3) is 0 Å². The van der Waals surface area contributed by atoms with Crippen LogP contribution in [0, 0.1) is 0 Å². The number of carbonyl (C=O) groups excluding carboxylic acids is 1. The molecule has 1 atom stereocenters. The maximum atomic E-state index is 12.6. The Kier molecular flexibility index (Phi) is 6.82. The molecule has 7 nitrogen and oxygen atoms in total. The highest BCUT2D eigenvalue weighted by molar-refractivity contribution is 5.74. The number of benzene rings is 2. The molecule has 0 aromatic heterocycles. The minimum Gasteiger partial charge on any atom is -0.489 e. The molecule has 0 aliphatic carbocycles. The largest absolute Gasteiger partial charge is 0.489 e. The molecule has 2 aromatic carbocycles. The van der Waals surface area contributed by atoms with Crippen molar-refractivity contribution in [2.24, 2.45) is 0 Å². The Labute approximate surface area is 183 Å². The van der Waals surface area contributed by atoms with Crippen molar-refractivity contribution in [2.75, 3.05) is 40.3 Å². The minimum absolute atomic E-state index is 0.0658. The van der Waals surface area contributed by atoms with Crippen molar-refractivity contribution in [3.05, 3.63) is 54.1 Å². The fraction of sp³-hybridized carbons (Fsp3) is 0.458. The lowest BCUT2D eigenvalue weighted by Crippen LogP contribution is -2.50. The first-order valence-electron chi connectivity index (χ1n) is 10.9. The summed E-state index contributed by atoms with van der Waals surface area (Å²) in [6, 6.07) is 15.8. The van der Waals surface area contributed by atoms with E-state index in [0.29, 0.717) is 31.3 Å². The molecule has 2 amide bonds.